The van der Waals surface area contributed by atoms with Crippen molar-refractivity contribution in [2.75, 3.05) is 26.2 Å². The summed E-state index contributed by atoms with van der Waals surface area (Å²) in [4.78, 5) is 2.46. The first-order chi connectivity index (χ1) is 5.79. The second kappa shape index (κ2) is 9.37. The zero-order valence-corrected chi connectivity index (χ0v) is 9.92. The molecule has 1 heterocycles. The monoisotopic (exact) mass is 242 g/mol. The normalized spacial score (nSPS) is 15.4. The van der Waals surface area contributed by atoms with Gasteiger partial charge in [0.15, 0.2) is 5.96 Å². The number of nitrogens with zero attached hydrogens (tertiary/aromatic N) is 1. The minimum absolute atomic E-state index is 0. The van der Waals surface area contributed by atoms with Gasteiger partial charge in [-0.1, -0.05) is 0 Å². The van der Waals surface area contributed by atoms with Gasteiger partial charge >= 0.3 is 0 Å². The Balaban J connectivity index is 0. The van der Waals surface area contributed by atoms with E-state index in [1.54, 1.807) is 0 Å². The SMILES string of the molecule is Cl.Cl.N=C(N)NCCCN1CCCC1. The van der Waals surface area contributed by atoms with Crippen molar-refractivity contribution < 1.29 is 0 Å². The van der Waals surface area contributed by atoms with E-state index in [0.717, 1.165) is 19.5 Å². The molecule has 6 heteroatoms. The van der Waals surface area contributed by atoms with E-state index >= 15 is 0 Å². The molecule has 0 unspecified atom stereocenters. The number of guanidine groups is 1. The summed E-state index contributed by atoms with van der Waals surface area (Å²) in [6.45, 7) is 4.46. The van der Waals surface area contributed by atoms with Crippen LogP contribution in [-0.4, -0.2) is 37.0 Å². The minimum Gasteiger partial charge on any atom is -0.370 e. The van der Waals surface area contributed by atoms with Gasteiger partial charge in [0.1, 0.15) is 0 Å². The zero-order valence-electron chi connectivity index (χ0n) is 8.29. The number of rotatable bonds is 4. The lowest BCUT2D eigenvalue weighted by atomic mass is 10.4. The summed E-state index contributed by atoms with van der Waals surface area (Å²) in [7, 11) is 0. The van der Waals surface area contributed by atoms with Gasteiger partial charge in [-0.25, -0.2) is 0 Å². The lowest BCUT2D eigenvalue weighted by Crippen LogP contribution is -2.33. The van der Waals surface area contributed by atoms with Gasteiger partial charge in [-0.2, -0.15) is 0 Å². The number of likely N-dealkylation sites (tertiary alicyclic amines) is 1. The van der Waals surface area contributed by atoms with Gasteiger partial charge in [-0.15, -0.1) is 24.8 Å². The minimum atomic E-state index is 0. The van der Waals surface area contributed by atoms with Crippen LogP contribution in [0.15, 0.2) is 0 Å². The highest BCUT2D eigenvalue weighted by atomic mass is 35.5. The highest BCUT2D eigenvalue weighted by molar-refractivity contribution is 5.85. The van der Waals surface area contributed by atoms with Crippen LogP contribution in [0.25, 0.3) is 0 Å². The fourth-order valence-corrected chi connectivity index (χ4v) is 1.53. The van der Waals surface area contributed by atoms with Crippen molar-refractivity contribution >= 4 is 30.8 Å². The van der Waals surface area contributed by atoms with E-state index in [9.17, 15) is 0 Å². The predicted molar refractivity (Wildman–Crippen MR) is 64.7 cm³/mol. The van der Waals surface area contributed by atoms with E-state index in [-0.39, 0.29) is 30.8 Å². The van der Waals surface area contributed by atoms with E-state index in [0.29, 0.717) is 0 Å². The van der Waals surface area contributed by atoms with Crippen LogP contribution in [0.5, 0.6) is 0 Å². The van der Waals surface area contributed by atoms with Crippen molar-refractivity contribution in [1.29, 1.82) is 5.41 Å². The molecule has 0 aromatic carbocycles. The number of halogens is 2. The second-order valence-corrected chi connectivity index (χ2v) is 3.24. The molecule has 0 radical (unpaired) electrons. The molecule has 0 bridgehead atoms. The molecular formula is C8H20Cl2N4. The Labute approximate surface area is 97.9 Å². The summed E-state index contributed by atoms with van der Waals surface area (Å²) >= 11 is 0. The van der Waals surface area contributed by atoms with Crippen LogP contribution in [0.1, 0.15) is 19.3 Å². The number of nitrogens with two attached hydrogens (primary N) is 1. The Bertz CT molecular complexity index is 148. The molecule has 0 atom stereocenters. The predicted octanol–water partition coefficient (Wildman–Crippen LogP) is 0.799. The fourth-order valence-electron chi connectivity index (χ4n) is 1.53. The molecule has 1 fully saturated rings. The molecule has 0 amide bonds. The molecule has 0 aromatic rings. The molecule has 4 N–H and O–H groups in total. The third kappa shape index (κ3) is 7.24. The Morgan fingerprint density at radius 3 is 2.36 bits per heavy atom. The van der Waals surface area contributed by atoms with Gasteiger partial charge in [0.05, 0.1) is 0 Å². The number of hydrogen-bond acceptors (Lipinski definition) is 2. The van der Waals surface area contributed by atoms with E-state index in [4.69, 9.17) is 11.1 Å². The van der Waals surface area contributed by atoms with Crippen molar-refractivity contribution in [2.24, 2.45) is 5.73 Å². The van der Waals surface area contributed by atoms with Gasteiger partial charge in [0.25, 0.3) is 0 Å². The van der Waals surface area contributed by atoms with Gasteiger partial charge in [-0.3, -0.25) is 5.41 Å². The number of hydrogen-bond donors (Lipinski definition) is 3. The van der Waals surface area contributed by atoms with Crippen LogP contribution >= 0.6 is 24.8 Å². The highest BCUT2D eigenvalue weighted by Gasteiger charge is 2.09. The van der Waals surface area contributed by atoms with Crippen LogP contribution in [-0.2, 0) is 0 Å². The van der Waals surface area contributed by atoms with E-state index < -0.39 is 0 Å². The molecule has 4 nitrogen and oxygen atoms in total. The molecule has 0 saturated carbocycles. The van der Waals surface area contributed by atoms with E-state index in [2.05, 4.69) is 10.2 Å². The summed E-state index contributed by atoms with van der Waals surface area (Å²) in [5.74, 6) is 0.0800. The smallest absolute Gasteiger partial charge is 0.185 e. The first-order valence-electron chi connectivity index (χ1n) is 4.59. The van der Waals surface area contributed by atoms with Gasteiger partial charge in [-0.05, 0) is 38.9 Å². The van der Waals surface area contributed by atoms with Gasteiger partial charge in [0, 0.05) is 6.54 Å². The summed E-state index contributed by atoms with van der Waals surface area (Å²) in [6, 6.07) is 0. The van der Waals surface area contributed by atoms with E-state index in [1.807, 2.05) is 0 Å². The quantitative estimate of drug-likeness (QED) is 0.388. The molecule has 1 rings (SSSR count). The molecule has 0 aromatic heterocycles. The van der Waals surface area contributed by atoms with Crippen LogP contribution in [0, 0.1) is 5.41 Å². The number of nitrogens with one attached hydrogen (secondary N) is 2. The van der Waals surface area contributed by atoms with Crippen molar-refractivity contribution in [1.82, 2.24) is 10.2 Å². The first kappa shape index (κ1) is 16.2. The van der Waals surface area contributed by atoms with Crippen molar-refractivity contribution in [3.05, 3.63) is 0 Å². The standard InChI is InChI=1S/C8H18N4.2ClH/c9-8(10)11-4-3-7-12-5-1-2-6-12;;/h1-7H2,(H4,9,10,11);2*1H. The molecule has 1 aliphatic rings. The average Bonchev–Trinajstić information content (AvgIpc) is 2.49. The molecule has 14 heavy (non-hydrogen) atoms. The lowest BCUT2D eigenvalue weighted by Gasteiger charge is -2.13. The highest BCUT2D eigenvalue weighted by Crippen LogP contribution is 2.06. The van der Waals surface area contributed by atoms with Gasteiger partial charge in [0.2, 0.25) is 0 Å². The Morgan fingerprint density at radius 2 is 1.86 bits per heavy atom. The maximum absolute atomic E-state index is 6.94. The average molecular weight is 243 g/mol. The fraction of sp³-hybridized carbons (Fsp3) is 0.875. The molecule has 0 spiro atoms. The molecular weight excluding hydrogens is 223 g/mol. The summed E-state index contributed by atoms with van der Waals surface area (Å²) in [6.07, 6.45) is 3.78. The molecule has 1 saturated heterocycles. The topological polar surface area (TPSA) is 65.1 Å². The first-order valence-corrected chi connectivity index (χ1v) is 4.59. The third-order valence-corrected chi connectivity index (χ3v) is 2.17. The van der Waals surface area contributed by atoms with Gasteiger partial charge < -0.3 is 16.0 Å². The molecule has 86 valence electrons. The Morgan fingerprint density at radius 1 is 1.29 bits per heavy atom. The molecule has 0 aliphatic carbocycles. The van der Waals surface area contributed by atoms with Crippen LogP contribution in [0.2, 0.25) is 0 Å². The Hall–Kier alpha value is -0.190. The third-order valence-electron chi connectivity index (χ3n) is 2.17. The van der Waals surface area contributed by atoms with Crippen molar-refractivity contribution in [3.8, 4) is 0 Å². The zero-order chi connectivity index (χ0) is 8.81. The summed E-state index contributed by atoms with van der Waals surface area (Å²) < 4.78 is 0. The molecule has 1 aliphatic heterocycles. The van der Waals surface area contributed by atoms with Crippen LogP contribution < -0.4 is 11.1 Å². The largest absolute Gasteiger partial charge is 0.370 e. The maximum Gasteiger partial charge on any atom is 0.185 e. The van der Waals surface area contributed by atoms with Crippen molar-refractivity contribution in [2.45, 2.75) is 19.3 Å². The van der Waals surface area contributed by atoms with E-state index in [1.165, 1.54) is 25.9 Å². The second-order valence-electron chi connectivity index (χ2n) is 3.24. The Kier molecular flexibility index (Phi) is 10.9. The summed E-state index contributed by atoms with van der Waals surface area (Å²) in [5, 5.41) is 9.74. The maximum atomic E-state index is 6.94. The van der Waals surface area contributed by atoms with Crippen molar-refractivity contribution in [3.63, 3.8) is 0 Å². The summed E-state index contributed by atoms with van der Waals surface area (Å²) in [5.41, 5.74) is 5.15. The van der Waals surface area contributed by atoms with Crippen LogP contribution in [0.3, 0.4) is 0 Å². The van der Waals surface area contributed by atoms with Crippen LogP contribution in [0.4, 0.5) is 0 Å². The lowest BCUT2D eigenvalue weighted by molar-refractivity contribution is 0.334.